The molecule has 0 aliphatic carbocycles. The van der Waals surface area contributed by atoms with Crippen molar-refractivity contribution in [3.63, 3.8) is 0 Å². The van der Waals surface area contributed by atoms with Crippen molar-refractivity contribution in [1.82, 2.24) is 4.90 Å². The Bertz CT molecular complexity index is 375. The molecule has 1 saturated heterocycles. The van der Waals surface area contributed by atoms with Crippen LogP contribution in [0.15, 0.2) is 35.6 Å². The highest BCUT2D eigenvalue weighted by atomic mass is 79.9. The molecule has 0 radical (unpaired) electrons. The summed E-state index contributed by atoms with van der Waals surface area (Å²) in [6.07, 6.45) is 5.96. The lowest BCUT2D eigenvalue weighted by Crippen LogP contribution is -2.52. The number of nitrogens with zero attached hydrogens (tertiary/aromatic N) is 1. The molecular formula is C12H14BrNO2. The van der Waals surface area contributed by atoms with Crippen LogP contribution in [0.3, 0.4) is 0 Å². The second-order valence-corrected chi connectivity index (χ2v) is 4.95. The summed E-state index contributed by atoms with van der Waals surface area (Å²) in [5.41, 5.74) is 0. The molecule has 1 amide bonds. The van der Waals surface area contributed by atoms with Crippen LogP contribution in [0.5, 0.6) is 0 Å². The van der Waals surface area contributed by atoms with Gasteiger partial charge in [0, 0.05) is 16.9 Å². The minimum Gasteiger partial charge on any atom is -0.415 e. The van der Waals surface area contributed by atoms with Crippen molar-refractivity contribution in [1.29, 1.82) is 0 Å². The van der Waals surface area contributed by atoms with Crippen LogP contribution in [-0.4, -0.2) is 23.1 Å². The number of carbonyl (C=O) groups excluding carboxylic acids is 1. The summed E-state index contributed by atoms with van der Waals surface area (Å²) in [7, 11) is 0. The number of cyclic esters (lactones) is 1. The Morgan fingerprint density at radius 3 is 3.12 bits per heavy atom. The lowest BCUT2D eigenvalue weighted by Gasteiger charge is -2.43. The van der Waals surface area contributed by atoms with Crippen molar-refractivity contribution in [2.24, 2.45) is 0 Å². The van der Waals surface area contributed by atoms with E-state index in [0.29, 0.717) is 12.2 Å². The maximum absolute atomic E-state index is 11.8. The second kappa shape index (κ2) is 4.45. The molecule has 0 spiro atoms. The Hall–Kier alpha value is -1.03. The number of carbonyl (C=O) groups is 1. The molecule has 2 atom stereocenters. The van der Waals surface area contributed by atoms with E-state index in [4.69, 9.17) is 4.74 Å². The molecule has 3 nitrogen and oxygen atoms in total. The number of fused-ring (bicyclic) bond motifs is 1. The van der Waals surface area contributed by atoms with Gasteiger partial charge in [-0.05, 0) is 12.8 Å². The molecule has 0 saturated carbocycles. The van der Waals surface area contributed by atoms with Crippen LogP contribution in [-0.2, 0) is 4.74 Å². The van der Waals surface area contributed by atoms with Gasteiger partial charge in [0.1, 0.15) is 5.76 Å². The largest absolute Gasteiger partial charge is 0.415 e. The van der Waals surface area contributed by atoms with Gasteiger partial charge >= 0.3 is 6.09 Å². The zero-order valence-corrected chi connectivity index (χ0v) is 10.6. The molecule has 0 aromatic heterocycles. The highest BCUT2D eigenvalue weighted by Crippen LogP contribution is 2.36. The number of halogens is 1. The van der Waals surface area contributed by atoms with Gasteiger partial charge in [0.05, 0.1) is 6.04 Å². The normalized spacial score (nSPS) is 29.3. The number of rotatable bonds is 2. The van der Waals surface area contributed by atoms with Gasteiger partial charge in [-0.3, -0.25) is 4.90 Å². The zero-order chi connectivity index (χ0) is 11.7. The number of amides is 1. The van der Waals surface area contributed by atoms with Gasteiger partial charge in [-0.1, -0.05) is 34.7 Å². The van der Waals surface area contributed by atoms with E-state index in [9.17, 15) is 4.79 Å². The summed E-state index contributed by atoms with van der Waals surface area (Å²) in [6, 6.07) is 0.205. The highest BCUT2D eigenvalue weighted by molar-refractivity contribution is 9.11. The standard InChI is InChI=1S/C12H14BrNO2/c1-3-4-9-5-6-10(13)11-7-8(2)16-12(15)14(9)11/h3,6,9,11H,1-2,4-5,7H2/t9-,11-/m0/s1. The predicted molar refractivity (Wildman–Crippen MR) is 66.1 cm³/mol. The first kappa shape index (κ1) is 11.5. The summed E-state index contributed by atoms with van der Waals surface area (Å²) >= 11 is 3.51. The van der Waals surface area contributed by atoms with Crippen LogP contribution < -0.4 is 0 Å². The molecule has 4 heteroatoms. The fourth-order valence-electron chi connectivity index (χ4n) is 2.19. The summed E-state index contributed by atoms with van der Waals surface area (Å²) in [5.74, 6) is 0.538. The number of hydrogen-bond acceptors (Lipinski definition) is 2. The first-order chi connectivity index (χ1) is 7.63. The molecule has 0 aromatic rings. The fourth-order valence-corrected chi connectivity index (χ4v) is 2.76. The monoisotopic (exact) mass is 283 g/mol. The molecule has 0 bridgehead atoms. The Morgan fingerprint density at radius 1 is 1.69 bits per heavy atom. The van der Waals surface area contributed by atoms with Gasteiger partial charge in [-0.2, -0.15) is 0 Å². The molecule has 2 aliphatic rings. The van der Waals surface area contributed by atoms with Crippen LogP contribution in [0.1, 0.15) is 19.3 Å². The van der Waals surface area contributed by atoms with Crippen molar-refractivity contribution in [3.05, 3.63) is 35.6 Å². The predicted octanol–water partition coefficient (Wildman–Crippen LogP) is 3.34. The molecule has 86 valence electrons. The first-order valence-corrected chi connectivity index (χ1v) is 6.07. The summed E-state index contributed by atoms with van der Waals surface area (Å²) < 4.78 is 6.14. The smallest absolute Gasteiger partial charge is 0.415 e. The molecule has 2 aliphatic heterocycles. The van der Waals surface area contributed by atoms with Gasteiger partial charge in [-0.15, -0.1) is 6.58 Å². The molecule has 2 rings (SSSR count). The van der Waals surface area contributed by atoms with E-state index in [0.717, 1.165) is 17.3 Å². The van der Waals surface area contributed by atoms with Crippen LogP contribution >= 0.6 is 15.9 Å². The molecular weight excluding hydrogens is 270 g/mol. The maximum atomic E-state index is 11.8. The van der Waals surface area contributed by atoms with Gasteiger partial charge in [-0.25, -0.2) is 4.79 Å². The molecule has 0 N–H and O–H groups in total. The third kappa shape index (κ3) is 1.94. The summed E-state index contributed by atoms with van der Waals surface area (Å²) in [6.45, 7) is 7.45. The molecule has 2 heterocycles. The molecule has 16 heavy (non-hydrogen) atoms. The van der Waals surface area contributed by atoms with E-state index in [1.54, 1.807) is 4.90 Å². The van der Waals surface area contributed by atoms with Crippen LogP contribution in [0.4, 0.5) is 4.79 Å². The Morgan fingerprint density at radius 2 is 2.44 bits per heavy atom. The van der Waals surface area contributed by atoms with Gasteiger partial charge < -0.3 is 4.74 Å². The van der Waals surface area contributed by atoms with Crippen LogP contribution in [0.25, 0.3) is 0 Å². The van der Waals surface area contributed by atoms with E-state index in [1.165, 1.54) is 0 Å². The van der Waals surface area contributed by atoms with Gasteiger partial charge in [0.2, 0.25) is 0 Å². The van der Waals surface area contributed by atoms with E-state index < -0.39 is 0 Å². The third-order valence-electron chi connectivity index (χ3n) is 2.93. The lowest BCUT2D eigenvalue weighted by atomic mass is 9.97. The Labute approximate surface area is 104 Å². The average Bonchev–Trinajstić information content (AvgIpc) is 2.22. The fraction of sp³-hybridized carbons (Fsp3) is 0.417. The van der Waals surface area contributed by atoms with Crippen molar-refractivity contribution in [2.45, 2.75) is 31.3 Å². The van der Waals surface area contributed by atoms with Crippen LogP contribution in [0, 0.1) is 0 Å². The minimum atomic E-state index is -0.293. The average molecular weight is 284 g/mol. The van der Waals surface area contributed by atoms with Gasteiger partial charge in [0.25, 0.3) is 0 Å². The summed E-state index contributed by atoms with van der Waals surface area (Å²) in [4.78, 5) is 13.6. The van der Waals surface area contributed by atoms with Crippen molar-refractivity contribution >= 4 is 22.0 Å². The second-order valence-electron chi connectivity index (χ2n) is 4.04. The van der Waals surface area contributed by atoms with E-state index in [1.807, 2.05) is 6.08 Å². The SMILES string of the molecule is C=CC[C@H]1CC=C(Br)[C@@H]2CC(=C)OC(=O)N12. The quantitative estimate of drug-likeness (QED) is 0.728. The minimum absolute atomic E-state index is 0.0486. The topological polar surface area (TPSA) is 29.5 Å². The number of hydrogen-bond donors (Lipinski definition) is 0. The van der Waals surface area contributed by atoms with Crippen LogP contribution in [0.2, 0.25) is 0 Å². The highest BCUT2D eigenvalue weighted by Gasteiger charge is 2.39. The first-order valence-electron chi connectivity index (χ1n) is 5.28. The molecule has 0 aromatic carbocycles. The lowest BCUT2D eigenvalue weighted by molar-refractivity contribution is 0.0626. The van der Waals surface area contributed by atoms with E-state index >= 15 is 0 Å². The van der Waals surface area contributed by atoms with Crippen molar-refractivity contribution in [3.8, 4) is 0 Å². The third-order valence-corrected chi connectivity index (χ3v) is 3.79. The molecule has 1 fully saturated rings. The Kier molecular flexibility index (Phi) is 3.19. The zero-order valence-electron chi connectivity index (χ0n) is 8.99. The molecule has 0 unspecified atom stereocenters. The number of ether oxygens (including phenoxy) is 1. The maximum Gasteiger partial charge on any atom is 0.415 e. The van der Waals surface area contributed by atoms with E-state index in [2.05, 4.69) is 35.2 Å². The Balaban J connectivity index is 2.28. The van der Waals surface area contributed by atoms with Crippen molar-refractivity contribution < 1.29 is 9.53 Å². The summed E-state index contributed by atoms with van der Waals surface area (Å²) in [5, 5.41) is 0. The van der Waals surface area contributed by atoms with Crippen molar-refractivity contribution in [2.75, 3.05) is 0 Å². The van der Waals surface area contributed by atoms with Gasteiger partial charge in [0.15, 0.2) is 0 Å². The van der Waals surface area contributed by atoms with E-state index in [-0.39, 0.29) is 18.2 Å².